The van der Waals surface area contributed by atoms with Crippen LogP contribution in [0.25, 0.3) is 22.3 Å². The van der Waals surface area contributed by atoms with E-state index >= 15 is 4.79 Å². The smallest absolute Gasteiger partial charge is 0.226 e. The van der Waals surface area contributed by atoms with Gasteiger partial charge in [0.2, 0.25) is 13.3 Å². The quantitative estimate of drug-likeness (QED) is 0.0984. The number of Topliss-reactive ketones (excluding diaryl/α,β-unsaturated/α-hetero) is 1. The number of carbonyl (C=O) groups is 2. The van der Waals surface area contributed by atoms with Gasteiger partial charge in [0.15, 0.2) is 10.9 Å². The molecular weight excluding hydrogens is 804 g/mol. The van der Waals surface area contributed by atoms with E-state index in [1.54, 1.807) is 12.0 Å². The highest BCUT2D eigenvalue weighted by atomic mass is 32.1. The minimum Gasteiger partial charge on any atom is -0.497 e. The first kappa shape index (κ1) is 42.8. The molecule has 0 radical (unpaired) electrons. The average Bonchev–Trinajstić information content (AvgIpc) is 3.51. The van der Waals surface area contributed by atoms with Crippen molar-refractivity contribution in [1.29, 1.82) is 0 Å². The van der Waals surface area contributed by atoms with Crippen molar-refractivity contribution in [3.05, 3.63) is 113 Å². The molecule has 4 heterocycles. The van der Waals surface area contributed by atoms with Crippen LogP contribution in [0.5, 0.6) is 11.5 Å². The standard InChI is InChI=1S/C49H57N4O6PS/c1-32(2)50-48-52-43(31-61-48)42-26-46(40-21-20-38(58-4)24-41(40)51-42)59-39-25-44-45(54)28-49(60(56,57)30-34-15-9-8-10-16-34)27-37(49)19-12-7-5-6-11-18-36(47(55)53(44)29-39)23-35-17-13-14-33(3)22-35/h8-10,12-17,19-22,24,26,31-32,36-37,39,44H,5-7,11,18,23,25,27-30H2,1-4H3,(H,50,52)(H,56,57)/b19-12-/t36-,37+,39-,44+,49-/m1/s1. The van der Waals surface area contributed by atoms with Crippen LogP contribution in [0.3, 0.4) is 0 Å². The molecule has 320 valence electrons. The molecule has 12 heteroatoms. The fourth-order valence-electron chi connectivity index (χ4n) is 9.31. The van der Waals surface area contributed by atoms with Crippen molar-refractivity contribution >= 4 is 46.4 Å². The van der Waals surface area contributed by atoms with E-state index in [0.29, 0.717) is 47.7 Å². The van der Waals surface area contributed by atoms with Crippen LogP contribution < -0.4 is 14.8 Å². The topological polar surface area (TPSA) is 131 Å². The monoisotopic (exact) mass is 860 g/mol. The number of pyridine rings is 1. The third kappa shape index (κ3) is 9.64. The van der Waals surface area contributed by atoms with Crippen LogP contribution in [0.1, 0.15) is 81.9 Å². The van der Waals surface area contributed by atoms with Crippen LogP contribution in [-0.4, -0.2) is 68.4 Å². The number of aromatic nitrogens is 2. The van der Waals surface area contributed by atoms with Gasteiger partial charge in [-0.15, -0.1) is 11.3 Å². The first-order valence-corrected chi connectivity index (χ1v) is 24.4. The van der Waals surface area contributed by atoms with E-state index < -0.39 is 24.7 Å². The first-order chi connectivity index (χ1) is 29.4. The van der Waals surface area contributed by atoms with Crippen LogP contribution in [0.15, 0.2) is 96.4 Å². The zero-order valence-electron chi connectivity index (χ0n) is 35.6. The molecule has 1 saturated heterocycles. The van der Waals surface area contributed by atoms with Gasteiger partial charge in [0, 0.05) is 47.7 Å². The van der Waals surface area contributed by atoms with Crippen molar-refractivity contribution < 1.29 is 28.5 Å². The van der Waals surface area contributed by atoms with E-state index in [2.05, 4.69) is 56.4 Å². The van der Waals surface area contributed by atoms with Crippen molar-refractivity contribution in [2.75, 3.05) is 19.0 Å². The molecule has 2 N–H and O–H groups in total. The summed E-state index contributed by atoms with van der Waals surface area (Å²) in [5, 5.41) is 5.81. The first-order valence-electron chi connectivity index (χ1n) is 21.7. The number of thiazole rings is 1. The van der Waals surface area contributed by atoms with E-state index in [0.717, 1.165) is 52.9 Å². The normalized spacial score (nSPS) is 24.9. The van der Waals surface area contributed by atoms with E-state index in [1.165, 1.54) is 11.3 Å². The molecule has 2 fully saturated rings. The lowest BCUT2D eigenvalue weighted by atomic mass is 9.91. The molecule has 6 atom stereocenters. The molecule has 1 amide bonds. The van der Waals surface area contributed by atoms with E-state index in [1.807, 2.05) is 66.0 Å². The minimum atomic E-state index is -3.89. The molecule has 3 aromatic carbocycles. The molecule has 1 unspecified atom stereocenters. The van der Waals surface area contributed by atoms with Gasteiger partial charge in [-0.05, 0) is 82.1 Å². The van der Waals surface area contributed by atoms with Gasteiger partial charge >= 0.3 is 0 Å². The summed E-state index contributed by atoms with van der Waals surface area (Å²) in [6.07, 6.45) is 9.29. The number of ether oxygens (including phenoxy) is 2. The number of nitrogens with zero attached hydrogens (tertiary/aromatic N) is 3. The molecule has 1 saturated carbocycles. The Balaban J connectivity index is 1.15. The number of aryl methyl sites for hydroxylation is 1. The molecule has 61 heavy (non-hydrogen) atoms. The van der Waals surface area contributed by atoms with Gasteiger partial charge < -0.3 is 24.6 Å². The van der Waals surface area contributed by atoms with Crippen LogP contribution >= 0.6 is 18.7 Å². The Bertz CT molecular complexity index is 2450. The van der Waals surface area contributed by atoms with Crippen LogP contribution in [0.2, 0.25) is 0 Å². The van der Waals surface area contributed by atoms with Crippen LogP contribution in [0, 0.1) is 18.8 Å². The number of ketones is 1. The second-order valence-electron chi connectivity index (χ2n) is 17.6. The number of hydrogen-bond donors (Lipinski definition) is 2. The summed E-state index contributed by atoms with van der Waals surface area (Å²) in [5.74, 6) is 0.467. The molecule has 3 aliphatic rings. The molecule has 1 aliphatic carbocycles. The second kappa shape index (κ2) is 18.3. The van der Waals surface area contributed by atoms with Crippen molar-refractivity contribution in [3.8, 4) is 22.9 Å². The zero-order valence-corrected chi connectivity index (χ0v) is 37.3. The third-order valence-corrected chi connectivity index (χ3v) is 16.2. The summed E-state index contributed by atoms with van der Waals surface area (Å²) in [7, 11) is -2.27. The number of carbonyl (C=O) groups excluding carboxylic acids is 2. The molecule has 5 aromatic rings. The SMILES string of the molecule is COc1ccc2c(O[C@@H]3C[C@H]4C(=O)C[C@]5(P(=O)(O)Cc6ccccc6)C[C@@H]5/C=C\CCCCC[C@H](Cc5cccc(C)c5)C(=O)N4C3)cc(-c3csc(NC(C)C)n3)nc2c1. The highest BCUT2D eigenvalue weighted by Gasteiger charge is 2.65. The summed E-state index contributed by atoms with van der Waals surface area (Å²) in [5.41, 5.74) is 5.01. The van der Waals surface area contributed by atoms with Gasteiger partial charge in [-0.1, -0.05) is 85.2 Å². The molecule has 0 bridgehead atoms. The molecule has 2 aliphatic heterocycles. The maximum Gasteiger partial charge on any atom is 0.226 e. The van der Waals surface area contributed by atoms with E-state index in [9.17, 15) is 14.3 Å². The average molecular weight is 861 g/mol. The summed E-state index contributed by atoms with van der Waals surface area (Å²) < 4.78 is 27.1. The van der Waals surface area contributed by atoms with Crippen LogP contribution in [-0.2, 0) is 26.7 Å². The number of allylic oxidation sites excluding steroid dienone is 2. The number of benzene rings is 3. The lowest BCUT2D eigenvalue weighted by Crippen LogP contribution is -2.45. The van der Waals surface area contributed by atoms with Crippen molar-refractivity contribution in [1.82, 2.24) is 14.9 Å². The Morgan fingerprint density at radius 1 is 0.984 bits per heavy atom. The van der Waals surface area contributed by atoms with Crippen molar-refractivity contribution in [3.63, 3.8) is 0 Å². The zero-order chi connectivity index (χ0) is 42.7. The molecule has 10 nitrogen and oxygen atoms in total. The highest BCUT2D eigenvalue weighted by Crippen LogP contribution is 2.74. The number of anilines is 1. The number of methoxy groups -OCH3 is 1. The number of nitrogens with one attached hydrogen (secondary N) is 1. The third-order valence-electron chi connectivity index (χ3n) is 12.6. The summed E-state index contributed by atoms with van der Waals surface area (Å²) in [6.45, 7) is 6.41. The van der Waals surface area contributed by atoms with E-state index in [-0.39, 0.29) is 55.1 Å². The lowest BCUT2D eigenvalue weighted by Gasteiger charge is -2.30. The maximum atomic E-state index is 15.1. The molecule has 0 spiro atoms. The predicted octanol–water partition coefficient (Wildman–Crippen LogP) is 10.4. The summed E-state index contributed by atoms with van der Waals surface area (Å²) >= 11 is 1.51. The number of fused-ring (bicyclic) bond motifs is 3. The van der Waals surface area contributed by atoms with Gasteiger partial charge in [-0.25, -0.2) is 9.97 Å². The summed E-state index contributed by atoms with van der Waals surface area (Å²) in [6, 6.07) is 24.7. The highest BCUT2D eigenvalue weighted by molar-refractivity contribution is 7.59. The van der Waals surface area contributed by atoms with Gasteiger partial charge in [-0.2, -0.15) is 0 Å². The van der Waals surface area contributed by atoms with Crippen LogP contribution in [0.4, 0.5) is 5.13 Å². The molecule has 8 rings (SSSR count). The lowest BCUT2D eigenvalue weighted by molar-refractivity contribution is -0.141. The van der Waals surface area contributed by atoms with E-state index in [4.69, 9.17) is 19.4 Å². The van der Waals surface area contributed by atoms with Gasteiger partial charge in [0.05, 0.1) is 42.2 Å². The summed E-state index contributed by atoms with van der Waals surface area (Å²) in [4.78, 5) is 53.6. The Labute approximate surface area is 363 Å². The van der Waals surface area contributed by atoms with Crippen molar-refractivity contribution in [2.24, 2.45) is 11.8 Å². The van der Waals surface area contributed by atoms with Gasteiger partial charge in [0.1, 0.15) is 23.3 Å². The Morgan fingerprint density at radius 3 is 2.59 bits per heavy atom. The van der Waals surface area contributed by atoms with Gasteiger partial charge in [-0.3, -0.25) is 14.2 Å². The fraction of sp³-hybridized carbons (Fsp3) is 0.429. The Kier molecular flexibility index (Phi) is 12.8. The molecular formula is C49H57N4O6PS. The Morgan fingerprint density at radius 2 is 1.80 bits per heavy atom. The fourth-order valence-corrected chi connectivity index (χ4v) is 12.7. The number of hydrogen-bond acceptors (Lipinski definition) is 9. The number of rotatable bonds is 11. The Hall–Kier alpha value is -4.83. The molecule has 2 aromatic heterocycles. The number of amides is 1. The largest absolute Gasteiger partial charge is 0.497 e. The predicted molar refractivity (Wildman–Crippen MR) is 244 cm³/mol. The van der Waals surface area contributed by atoms with Gasteiger partial charge in [0.25, 0.3) is 0 Å². The minimum absolute atomic E-state index is 0.000672. The second-order valence-corrected chi connectivity index (χ2v) is 21.0. The van der Waals surface area contributed by atoms with Crippen molar-refractivity contribution in [2.45, 2.75) is 108 Å². The maximum absolute atomic E-state index is 15.1.